The third-order valence-electron chi connectivity index (χ3n) is 2.01. The highest BCUT2D eigenvalue weighted by Gasteiger charge is 2.12. The van der Waals surface area contributed by atoms with Crippen molar-refractivity contribution in [2.24, 2.45) is 0 Å². The van der Waals surface area contributed by atoms with E-state index in [0.29, 0.717) is 0 Å². The Hall–Kier alpha value is 0.651. The molecule has 54 valence electrons. The zero-order valence-corrected chi connectivity index (χ0v) is 9.61. The van der Waals surface area contributed by atoms with Gasteiger partial charge in [0.1, 0.15) is 0 Å². The predicted molar refractivity (Wildman–Crippen MR) is 50.0 cm³/mol. The molecule has 0 saturated heterocycles. The van der Waals surface area contributed by atoms with Crippen molar-refractivity contribution < 1.29 is 0 Å². The second kappa shape index (κ2) is 5.32. The summed E-state index contributed by atoms with van der Waals surface area (Å²) in [5.41, 5.74) is 1.15. The molecule has 0 bridgehead atoms. The molecule has 0 aliphatic heterocycles. The summed E-state index contributed by atoms with van der Waals surface area (Å²) in [6.07, 6.45) is 7.66. The van der Waals surface area contributed by atoms with Crippen LogP contribution in [0.5, 0.6) is 0 Å². The van der Waals surface area contributed by atoms with Crippen LogP contribution in [0.4, 0.5) is 0 Å². The standard InChI is InChI=1S/C7H14Si3/c1-8-10-9-7-5-3-2-4-6-7/h7H,2-6H2,1H3. The first-order valence-corrected chi connectivity index (χ1v) is 9.68. The monoisotopic (exact) mass is 182 g/mol. The topological polar surface area (TPSA) is 0 Å². The van der Waals surface area contributed by atoms with E-state index >= 15 is 0 Å². The average molecular weight is 182 g/mol. The van der Waals surface area contributed by atoms with Crippen LogP contribution in [0.15, 0.2) is 0 Å². The Morgan fingerprint density at radius 1 is 1.10 bits per heavy atom. The van der Waals surface area contributed by atoms with Crippen molar-refractivity contribution in [2.45, 2.75) is 44.2 Å². The lowest BCUT2D eigenvalue weighted by Gasteiger charge is -2.19. The van der Waals surface area contributed by atoms with Gasteiger partial charge in [-0.05, 0) is 0 Å². The van der Waals surface area contributed by atoms with Crippen molar-refractivity contribution in [1.29, 1.82) is 0 Å². The van der Waals surface area contributed by atoms with E-state index in [1.165, 1.54) is 45.9 Å². The van der Waals surface area contributed by atoms with Gasteiger partial charge in [0, 0.05) is 26.6 Å². The molecule has 0 aromatic heterocycles. The fourth-order valence-corrected chi connectivity index (χ4v) is 7.51. The molecule has 0 aromatic carbocycles. The van der Waals surface area contributed by atoms with E-state index in [1.54, 1.807) is 12.8 Å². The van der Waals surface area contributed by atoms with Crippen molar-refractivity contribution >= 4 is 26.6 Å². The molecule has 1 saturated carbocycles. The summed E-state index contributed by atoms with van der Waals surface area (Å²) in [6, 6.07) is 0. The molecule has 0 heterocycles. The summed E-state index contributed by atoms with van der Waals surface area (Å²) in [6.45, 7) is 2.34. The van der Waals surface area contributed by atoms with Gasteiger partial charge in [-0.2, -0.15) is 0 Å². The highest BCUT2D eigenvalue weighted by atomic mass is 29.5. The molecule has 1 aliphatic carbocycles. The van der Waals surface area contributed by atoms with E-state index in [4.69, 9.17) is 0 Å². The number of hydrogen-bond donors (Lipinski definition) is 0. The van der Waals surface area contributed by atoms with Crippen LogP contribution >= 0.6 is 0 Å². The molecule has 0 N–H and O–H groups in total. The van der Waals surface area contributed by atoms with Crippen LogP contribution in [0.3, 0.4) is 0 Å². The molecule has 0 spiro atoms. The van der Waals surface area contributed by atoms with Gasteiger partial charge in [-0.1, -0.05) is 44.2 Å². The maximum atomic E-state index is 2.34. The quantitative estimate of drug-likeness (QED) is 0.583. The van der Waals surface area contributed by atoms with Crippen LogP contribution in [0, 0.1) is 0 Å². The van der Waals surface area contributed by atoms with Crippen LogP contribution in [-0.2, 0) is 0 Å². The van der Waals surface area contributed by atoms with E-state index in [1.807, 2.05) is 0 Å². The molecular weight excluding hydrogens is 168 g/mol. The van der Waals surface area contributed by atoms with Gasteiger partial charge in [0.05, 0.1) is 0 Å². The first-order valence-electron chi connectivity index (χ1n) is 4.11. The molecule has 0 aromatic rings. The van der Waals surface area contributed by atoms with Gasteiger partial charge in [-0.15, -0.1) is 0 Å². The summed E-state index contributed by atoms with van der Waals surface area (Å²) >= 11 is 0. The Morgan fingerprint density at radius 3 is 2.40 bits per heavy atom. The van der Waals surface area contributed by atoms with E-state index in [0.717, 1.165) is 5.54 Å². The summed E-state index contributed by atoms with van der Waals surface area (Å²) in [7, 11) is 3.85. The number of hydrogen-bond acceptors (Lipinski definition) is 0. The van der Waals surface area contributed by atoms with Gasteiger partial charge in [-0.25, -0.2) is 0 Å². The molecule has 10 heavy (non-hydrogen) atoms. The van der Waals surface area contributed by atoms with Crippen LogP contribution in [0.25, 0.3) is 0 Å². The lowest BCUT2D eigenvalue weighted by Crippen LogP contribution is -2.17. The van der Waals surface area contributed by atoms with Crippen molar-refractivity contribution in [3.05, 3.63) is 0 Å². The van der Waals surface area contributed by atoms with E-state index in [2.05, 4.69) is 6.55 Å². The molecule has 1 fully saturated rings. The molecule has 0 unspecified atom stereocenters. The highest BCUT2D eigenvalue weighted by molar-refractivity contribution is 7.29. The molecule has 3 heteroatoms. The molecule has 1 aliphatic rings. The van der Waals surface area contributed by atoms with Crippen molar-refractivity contribution in [1.82, 2.24) is 0 Å². The molecule has 0 amide bonds. The lowest BCUT2D eigenvalue weighted by molar-refractivity contribution is 0.503. The highest BCUT2D eigenvalue weighted by Crippen LogP contribution is 2.26. The fraction of sp³-hybridized carbons (Fsp3) is 1.00. The van der Waals surface area contributed by atoms with Crippen LogP contribution in [0.2, 0.25) is 12.1 Å². The molecule has 0 atom stereocenters. The van der Waals surface area contributed by atoms with Crippen molar-refractivity contribution in [3.63, 3.8) is 0 Å². The Morgan fingerprint density at radius 2 is 1.80 bits per heavy atom. The van der Waals surface area contributed by atoms with E-state index in [9.17, 15) is 0 Å². The normalized spacial score (nSPS) is 21.3. The summed E-state index contributed by atoms with van der Waals surface area (Å²) in [4.78, 5) is 0. The summed E-state index contributed by atoms with van der Waals surface area (Å²) in [5.74, 6) is 0. The molecule has 0 nitrogen and oxygen atoms in total. The van der Waals surface area contributed by atoms with E-state index < -0.39 is 0 Å². The molecule has 6 radical (unpaired) electrons. The summed E-state index contributed by atoms with van der Waals surface area (Å²) < 4.78 is 0. The molecular formula is C7H14Si3. The van der Waals surface area contributed by atoms with Crippen LogP contribution in [-0.4, -0.2) is 26.6 Å². The third-order valence-corrected chi connectivity index (χ3v) is 9.34. The lowest BCUT2D eigenvalue weighted by atomic mass is 10.0. The van der Waals surface area contributed by atoms with Crippen molar-refractivity contribution in [3.8, 4) is 0 Å². The maximum absolute atomic E-state index is 2.34. The zero-order chi connectivity index (χ0) is 7.23. The molecule has 1 rings (SSSR count). The van der Waals surface area contributed by atoms with Gasteiger partial charge in [-0.3, -0.25) is 0 Å². The SMILES string of the molecule is C[Si][Si][Si]C1CCCCC1. The first-order chi connectivity index (χ1) is 4.93. The second-order valence-electron chi connectivity index (χ2n) is 2.85. The Kier molecular flexibility index (Phi) is 4.65. The van der Waals surface area contributed by atoms with Gasteiger partial charge in [0.15, 0.2) is 0 Å². The van der Waals surface area contributed by atoms with Gasteiger partial charge in [0.2, 0.25) is 0 Å². The van der Waals surface area contributed by atoms with Gasteiger partial charge >= 0.3 is 0 Å². The Bertz CT molecular complexity index is 78.9. The largest absolute Gasteiger partial charge is 0.0761 e. The number of rotatable bonds is 3. The van der Waals surface area contributed by atoms with Crippen molar-refractivity contribution in [2.75, 3.05) is 0 Å². The zero-order valence-electron chi connectivity index (χ0n) is 6.61. The predicted octanol–water partition coefficient (Wildman–Crippen LogP) is 1.73. The van der Waals surface area contributed by atoms with Crippen LogP contribution in [0.1, 0.15) is 32.1 Å². The first kappa shape index (κ1) is 8.74. The minimum atomic E-state index is 1.15. The minimum absolute atomic E-state index is 1.15. The van der Waals surface area contributed by atoms with Gasteiger partial charge < -0.3 is 0 Å². The summed E-state index contributed by atoms with van der Waals surface area (Å²) in [5, 5.41) is 0. The smallest absolute Gasteiger partial charge is 0.0224 e. The van der Waals surface area contributed by atoms with Gasteiger partial charge in [0.25, 0.3) is 0 Å². The minimum Gasteiger partial charge on any atom is -0.0761 e. The Labute approximate surface area is 71.2 Å². The second-order valence-corrected chi connectivity index (χ2v) is 10.1. The maximum Gasteiger partial charge on any atom is 0.0224 e. The Balaban J connectivity index is 2.02. The van der Waals surface area contributed by atoms with E-state index in [-0.39, 0.29) is 0 Å². The fourth-order valence-electron chi connectivity index (χ4n) is 1.42. The average Bonchev–Trinajstić information content (AvgIpc) is 2.03. The van der Waals surface area contributed by atoms with Crippen LogP contribution < -0.4 is 0 Å². The third kappa shape index (κ3) is 3.16.